The molecule has 0 bridgehead atoms. The van der Waals surface area contributed by atoms with Crippen molar-refractivity contribution in [2.24, 2.45) is 0 Å². The van der Waals surface area contributed by atoms with Crippen LogP contribution >= 0.6 is 0 Å². The zero-order chi connectivity index (χ0) is 18.1. The number of benzene rings is 1. The third-order valence-electron chi connectivity index (χ3n) is 4.61. The van der Waals surface area contributed by atoms with E-state index in [0.717, 1.165) is 45.6 Å². The van der Waals surface area contributed by atoms with Crippen molar-refractivity contribution in [3.8, 4) is 0 Å². The summed E-state index contributed by atoms with van der Waals surface area (Å²) in [6.45, 7) is 9.18. The van der Waals surface area contributed by atoms with Crippen LogP contribution in [0.25, 0.3) is 0 Å². The molecule has 1 aliphatic rings. The van der Waals surface area contributed by atoms with Gasteiger partial charge in [0.05, 0.1) is 0 Å². The van der Waals surface area contributed by atoms with Gasteiger partial charge in [0.2, 0.25) is 11.8 Å². The normalized spacial score (nSPS) is 15.7. The summed E-state index contributed by atoms with van der Waals surface area (Å²) in [6.07, 6.45) is 2.51. The monoisotopic (exact) mass is 345 g/mol. The zero-order valence-corrected chi connectivity index (χ0v) is 15.6. The number of amides is 2. The lowest BCUT2D eigenvalue weighted by molar-refractivity contribution is -0.133. The molecule has 1 aliphatic heterocycles. The number of carbonyl (C=O) groups excluding carboxylic acids is 2. The van der Waals surface area contributed by atoms with Gasteiger partial charge in [-0.2, -0.15) is 0 Å². The fourth-order valence-corrected chi connectivity index (χ4v) is 3.06. The molecular weight excluding hydrogens is 314 g/mol. The lowest BCUT2D eigenvalue weighted by Gasteiger charge is -2.22. The summed E-state index contributed by atoms with van der Waals surface area (Å²) in [6, 6.07) is 8.65. The van der Waals surface area contributed by atoms with Crippen molar-refractivity contribution in [2.75, 3.05) is 32.7 Å². The molecule has 0 saturated carbocycles. The van der Waals surface area contributed by atoms with Gasteiger partial charge < -0.3 is 10.2 Å². The Kier molecular flexibility index (Phi) is 7.92. The van der Waals surface area contributed by atoms with Gasteiger partial charge in [-0.15, -0.1) is 0 Å². The van der Waals surface area contributed by atoms with Crippen LogP contribution in [-0.4, -0.2) is 54.3 Å². The van der Waals surface area contributed by atoms with Crippen molar-refractivity contribution in [1.29, 1.82) is 0 Å². The first-order valence-electron chi connectivity index (χ1n) is 9.41. The van der Waals surface area contributed by atoms with Crippen molar-refractivity contribution < 1.29 is 9.59 Å². The second kappa shape index (κ2) is 10.2. The minimum atomic E-state index is -0.0222. The van der Waals surface area contributed by atoms with E-state index < -0.39 is 0 Å². The predicted octanol–water partition coefficient (Wildman–Crippen LogP) is 2.34. The van der Waals surface area contributed by atoms with Crippen molar-refractivity contribution >= 4 is 11.8 Å². The van der Waals surface area contributed by atoms with E-state index in [1.54, 1.807) is 0 Å². The van der Waals surface area contributed by atoms with Crippen LogP contribution in [-0.2, 0) is 16.1 Å². The van der Waals surface area contributed by atoms with E-state index in [9.17, 15) is 9.59 Å². The Morgan fingerprint density at radius 3 is 2.52 bits per heavy atom. The van der Waals surface area contributed by atoms with Crippen LogP contribution in [0.3, 0.4) is 0 Å². The maximum Gasteiger partial charge on any atom is 0.223 e. The molecule has 0 spiro atoms. The SMILES string of the molecule is CCCNC(=O)CCC(=O)N1CCCN(Cc2ccc(C)cc2)CC1. The molecule has 5 heteroatoms. The zero-order valence-electron chi connectivity index (χ0n) is 15.6. The van der Waals surface area contributed by atoms with E-state index in [1.165, 1.54) is 11.1 Å². The average Bonchev–Trinajstić information content (AvgIpc) is 2.85. The lowest BCUT2D eigenvalue weighted by Crippen LogP contribution is -2.36. The smallest absolute Gasteiger partial charge is 0.223 e. The summed E-state index contributed by atoms with van der Waals surface area (Å²) in [5.74, 6) is 0.0786. The van der Waals surface area contributed by atoms with Crippen LogP contribution in [0, 0.1) is 6.92 Å². The first kappa shape index (κ1) is 19.4. The van der Waals surface area contributed by atoms with Gasteiger partial charge in [-0.25, -0.2) is 0 Å². The first-order valence-corrected chi connectivity index (χ1v) is 9.41. The summed E-state index contributed by atoms with van der Waals surface area (Å²) in [7, 11) is 0. The molecule has 1 saturated heterocycles. The van der Waals surface area contributed by atoms with Gasteiger partial charge in [0, 0.05) is 52.1 Å². The van der Waals surface area contributed by atoms with Crippen LogP contribution in [0.15, 0.2) is 24.3 Å². The molecule has 0 radical (unpaired) electrons. The lowest BCUT2D eigenvalue weighted by atomic mass is 10.1. The molecule has 138 valence electrons. The standard InChI is InChI=1S/C20H31N3O2/c1-3-11-21-19(24)9-10-20(25)23-13-4-12-22(14-15-23)16-18-7-5-17(2)6-8-18/h5-8H,3-4,9-16H2,1-2H3,(H,21,24). The highest BCUT2D eigenvalue weighted by molar-refractivity contribution is 5.83. The minimum absolute atomic E-state index is 0.0222. The van der Waals surface area contributed by atoms with Crippen LogP contribution < -0.4 is 5.32 Å². The van der Waals surface area contributed by atoms with Gasteiger partial charge in [-0.1, -0.05) is 36.8 Å². The number of aryl methyl sites for hydroxylation is 1. The molecule has 0 atom stereocenters. The Morgan fingerprint density at radius 2 is 1.80 bits per heavy atom. The molecule has 25 heavy (non-hydrogen) atoms. The van der Waals surface area contributed by atoms with Gasteiger partial charge in [0.15, 0.2) is 0 Å². The second-order valence-corrected chi connectivity index (χ2v) is 6.85. The predicted molar refractivity (Wildman–Crippen MR) is 100 cm³/mol. The molecule has 0 aromatic heterocycles. The molecule has 1 aromatic carbocycles. The quantitative estimate of drug-likeness (QED) is 0.825. The number of carbonyl (C=O) groups is 2. The van der Waals surface area contributed by atoms with Crippen LogP contribution in [0.4, 0.5) is 0 Å². The maximum absolute atomic E-state index is 12.4. The van der Waals surface area contributed by atoms with Crippen LogP contribution in [0.1, 0.15) is 43.7 Å². The maximum atomic E-state index is 12.4. The van der Waals surface area contributed by atoms with Crippen LogP contribution in [0.5, 0.6) is 0 Å². The third kappa shape index (κ3) is 6.86. The molecule has 2 rings (SSSR count). The summed E-state index contributed by atoms with van der Waals surface area (Å²) >= 11 is 0. The Hall–Kier alpha value is -1.88. The second-order valence-electron chi connectivity index (χ2n) is 6.85. The molecule has 2 amide bonds. The minimum Gasteiger partial charge on any atom is -0.356 e. The average molecular weight is 345 g/mol. The van der Waals surface area contributed by atoms with E-state index in [-0.39, 0.29) is 11.8 Å². The van der Waals surface area contributed by atoms with E-state index in [4.69, 9.17) is 0 Å². The topological polar surface area (TPSA) is 52.7 Å². The highest BCUT2D eigenvalue weighted by Gasteiger charge is 2.19. The summed E-state index contributed by atoms with van der Waals surface area (Å²) in [5, 5.41) is 2.82. The highest BCUT2D eigenvalue weighted by atomic mass is 16.2. The van der Waals surface area contributed by atoms with Crippen molar-refractivity contribution in [1.82, 2.24) is 15.1 Å². The summed E-state index contributed by atoms with van der Waals surface area (Å²) in [5.41, 5.74) is 2.59. The highest BCUT2D eigenvalue weighted by Crippen LogP contribution is 2.11. The van der Waals surface area contributed by atoms with Crippen LogP contribution in [0.2, 0.25) is 0 Å². The van der Waals surface area contributed by atoms with Crippen molar-refractivity contribution in [3.63, 3.8) is 0 Å². The fourth-order valence-electron chi connectivity index (χ4n) is 3.06. The Bertz CT molecular complexity index is 557. The summed E-state index contributed by atoms with van der Waals surface area (Å²) < 4.78 is 0. The molecule has 1 heterocycles. The van der Waals surface area contributed by atoms with E-state index in [0.29, 0.717) is 19.4 Å². The molecule has 0 unspecified atom stereocenters. The molecular formula is C20H31N3O2. The largest absolute Gasteiger partial charge is 0.356 e. The Morgan fingerprint density at radius 1 is 1.04 bits per heavy atom. The Labute approximate surface area is 151 Å². The number of rotatable bonds is 7. The summed E-state index contributed by atoms with van der Waals surface area (Å²) in [4.78, 5) is 28.3. The van der Waals surface area contributed by atoms with Gasteiger partial charge >= 0.3 is 0 Å². The third-order valence-corrected chi connectivity index (χ3v) is 4.61. The van der Waals surface area contributed by atoms with Gasteiger partial charge in [0.25, 0.3) is 0 Å². The van der Waals surface area contributed by atoms with E-state index >= 15 is 0 Å². The molecule has 5 nitrogen and oxygen atoms in total. The van der Waals surface area contributed by atoms with E-state index in [2.05, 4.69) is 41.4 Å². The molecule has 1 N–H and O–H groups in total. The molecule has 0 aliphatic carbocycles. The number of nitrogens with one attached hydrogen (secondary N) is 1. The van der Waals surface area contributed by atoms with Crippen molar-refractivity contribution in [3.05, 3.63) is 35.4 Å². The molecule has 1 aromatic rings. The fraction of sp³-hybridized carbons (Fsp3) is 0.600. The molecule has 1 fully saturated rings. The number of hydrogen-bond donors (Lipinski definition) is 1. The van der Waals surface area contributed by atoms with Gasteiger partial charge in [-0.3, -0.25) is 14.5 Å². The van der Waals surface area contributed by atoms with Crippen molar-refractivity contribution in [2.45, 2.75) is 46.1 Å². The Balaban J connectivity index is 1.75. The van der Waals surface area contributed by atoms with Gasteiger partial charge in [-0.05, 0) is 25.3 Å². The first-order chi connectivity index (χ1) is 12.1. The van der Waals surface area contributed by atoms with Gasteiger partial charge in [0.1, 0.15) is 0 Å². The number of nitrogens with zero attached hydrogens (tertiary/aromatic N) is 2. The van der Waals surface area contributed by atoms with E-state index in [1.807, 2.05) is 11.8 Å². The number of hydrogen-bond acceptors (Lipinski definition) is 3.